The van der Waals surface area contributed by atoms with Crippen LogP contribution in [0.4, 0.5) is 0 Å². The molecule has 0 aromatic carbocycles. The van der Waals surface area contributed by atoms with Crippen molar-refractivity contribution in [1.82, 2.24) is 0 Å². The maximum absolute atomic E-state index is 5.03. The van der Waals surface area contributed by atoms with E-state index in [-0.39, 0.29) is 6.10 Å². The molecule has 1 aliphatic rings. The van der Waals surface area contributed by atoms with Crippen LogP contribution in [0.1, 0.15) is 0 Å². The predicted molar refractivity (Wildman–Crippen MR) is 38.5 cm³/mol. The lowest BCUT2D eigenvalue weighted by Crippen LogP contribution is -2.05. The molecule has 0 bridgehead atoms. The Labute approximate surface area is 60.4 Å². The van der Waals surface area contributed by atoms with Crippen molar-refractivity contribution in [1.29, 1.82) is 0 Å². The van der Waals surface area contributed by atoms with Crippen molar-refractivity contribution < 1.29 is 9.47 Å². The Balaban J connectivity index is 2.71. The number of hydrogen-bond acceptors (Lipinski definition) is 2. The summed E-state index contributed by atoms with van der Waals surface area (Å²) in [6.07, 6.45) is 5.51. The summed E-state index contributed by atoms with van der Waals surface area (Å²) in [7, 11) is 3.28. The van der Waals surface area contributed by atoms with Gasteiger partial charge < -0.3 is 9.47 Å². The van der Waals surface area contributed by atoms with Crippen LogP contribution >= 0.6 is 0 Å². The van der Waals surface area contributed by atoms with Gasteiger partial charge in [-0.1, -0.05) is 0 Å². The number of rotatable bonds is 2. The van der Waals surface area contributed by atoms with Crippen molar-refractivity contribution in [3.8, 4) is 0 Å². The highest BCUT2D eigenvalue weighted by atomic mass is 16.5. The zero-order valence-corrected chi connectivity index (χ0v) is 6.13. The largest absolute Gasteiger partial charge is 0.496 e. The van der Waals surface area contributed by atoms with Crippen LogP contribution in [0, 0.1) is 0 Å². The SMILES string of the molecule is COC1=CC(OC)C=C=C1. The molecule has 0 saturated carbocycles. The van der Waals surface area contributed by atoms with Gasteiger partial charge in [0.1, 0.15) is 11.9 Å². The molecule has 1 unspecified atom stereocenters. The average Bonchev–Trinajstić information content (AvgIpc) is 2.05. The summed E-state index contributed by atoms with van der Waals surface area (Å²) in [5.74, 6) is 0.800. The van der Waals surface area contributed by atoms with Gasteiger partial charge in [0.2, 0.25) is 0 Å². The minimum atomic E-state index is 0.0138. The molecule has 1 aliphatic carbocycles. The first-order valence-electron chi connectivity index (χ1n) is 3.08. The van der Waals surface area contributed by atoms with E-state index in [0.717, 1.165) is 5.76 Å². The van der Waals surface area contributed by atoms with Crippen molar-refractivity contribution in [3.63, 3.8) is 0 Å². The Kier molecular flexibility index (Phi) is 2.32. The zero-order valence-electron chi connectivity index (χ0n) is 6.13. The van der Waals surface area contributed by atoms with Crippen molar-refractivity contribution in [2.24, 2.45) is 0 Å². The van der Waals surface area contributed by atoms with Crippen LogP contribution < -0.4 is 0 Å². The Hall–Kier alpha value is -0.980. The molecule has 0 amide bonds. The van der Waals surface area contributed by atoms with E-state index in [9.17, 15) is 0 Å². The summed E-state index contributed by atoms with van der Waals surface area (Å²) in [4.78, 5) is 0. The topological polar surface area (TPSA) is 18.5 Å². The van der Waals surface area contributed by atoms with E-state index < -0.39 is 0 Å². The molecule has 1 atom stereocenters. The molecule has 10 heavy (non-hydrogen) atoms. The highest BCUT2D eigenvalue weighted by Crippen LogP contribution is 2.07. The Morgan fingerprint density at radius 1 is 1.50 bits per heavy atom. The molecule has 0 aromatic heterocycles. The Bertz CT molecular complexity index is 197. The Morgan fingerprint density at radius 2 is 2.30 bits per heavy atom. The molecule has 2 heteroatoms. The molecule has 1 rings (SSSR count). The summed E-state index contributed by atoms with van der Waals surface area (Å²) in [6.45, 7) is 0. The molecule has 54 valence electrons. The third-order valence-corrected chi connectivity index (χ3v) is 1.32. The van der Waals surface area contributed by atoms with E-state index in [0.29, 0.717) is 0 Å². The summed E-state index contributed by atoms with van der Waals surface area (Å²) in [5, 5.41) is 0. The molecule has 0 N–H and O–H groups in total. The van der Waals surface area contributed by atoms with Gasteiger partial charge in [-0.25, -0.2) is 0 Å². The third kappa shape index (κ3) is 1.50. The van der Waals surface area contributed by atoms with Gasteiger partial charge >= 0.3 is 0 Å². The van der Waals surface area contributed by atoms with E-state index in [1.807, 2.05) is 12.2 Å². The molecule has 2 nitrogen and oxygen atoms in total. The van der Waals surface area contributed by atoms with Crippen LogP contribution in [-0.2, 0) is 9.47 Å². The van der Waals surface area contributed by atoms with Gasteiger partial charge in [-0.05, 0) is 12.2 Å². The van der Waals surface area contributed by atoms with Crippen LogP contribution in [-0.4, -0.2) is 20.3 Å². The first kappa shape index (κ1) is 7.13. The highest BCUT2D eigenvalue weighted by molar-refractivity contribution is 5.21. The molecule has 0 aliphatic heterocycles. The lowest BCUT2D eigenvalue weighted by Gasteiger charge is -2.08. The second-order valence-corrected chi connectivity index (χ2v) is 1.95. The molecule has 0 heterocycles. The van der Waals surface area contributed by atoms with Crippen LogP contribution in [0.3, 0.4) is 0 Å². The number of ether oxygens (including phenoxy) is 2. The van der Waals surface area contributed by atoms with Gasteiger partial charge in [0.05, 0.1) is 7.11 Å². The fourth-order valence-corrected chi connectivity index (χ4v) is 0.746. The molecular weight excluding hydrogens is 128 g/mol. The van der Waals surface area contributed by atoms with E-state index in [2.05, 4.69) is 5.73 Å². The number of methoxy groups -OCH3 is 2. The molecule has 0 fully saturated rings. The van der Waals surface area contributed by atoms with Crippen LogP contribution in [0.15, 0.2) is 29.7 Å². The maximum Gasteiger partial charge on any atom is 0.125 e. The average molecular weight is 138 g/mol. The first-order valence-corrected chi connectivity index (χ1v) is 3.08. The van der Waals surface area contributed by atoms with Crippen molar-refractivity contribution in [2.45, 2.75) is 6.10 Å². The molecule has 0 spiro atoms. The summed E-state index contributed by atoms with van der Waals surface area (Å²) >= 11 is 0. The van der Waals surface area contributed by atoms with Gasteiger partial charge in [0.15, 0.2) is 0 Å². The van der Waals surface area contributed by atoms with Gasteiger partial charge in [0.25, 0.3) is 0 Å². The van der Waals surface area contributed by atoms with Gasteiger partial charge in [0, 0.05) is 13.2 Å². The summed E-state index contributed by atoms with van der Waals surface area (Å²) in [5.41, 5.74) is 2.92. The lowest BCUT2D eigenvalue weighted by atomic mass is 10.2. The van der Waals surface area contributed by atoms with Crippen molar-refractivity contribution >= 4 is 0 Å². The summed E-state index contributed by atoms with van der Waals surface area (Å²) < 4.78 is 10.00. The quantitative estimate of drug-likeness (QED) is 0.535. The normalized spacial score (nSPS) is 22.6. The lowest BCUT2D eigenvalue weighted by molar-refractivity contribution is 0.171. The predicted octanol–water partition coefficient (Wildman–Crippen LogP) is 1.26. The molecular formula is C8H10O2. The smallest absolute Gasteiger partial charge is 0.125 e. The van der Waals surface area contributed by atoms with Crippen LogP contribution in [0.2, 0.25) is 0 Å². The van der Waals surface area contributed by atoms with Gasteiger partial charge in [-0.3, -0.25) is 0 Å². The van der Waals surface area contributed by atoms with E-state index in [1.54, 1.807) is 20.3 Å². The second-order valence-electron chi connectivity index (χ2n) is 1.95. The van der Waals surface area contributed by atoms with Gasteiger partial charge in [-0.2, -0.15) is 0 Å². The Morgan fingerprint density at radius 3 is 2.90 bits per heavy atom. The van der Waals surface area contributed by atoms with E-state index >= 15 is 0 Å². The fourth-order valence-electron chi connectivity index (χ4n) is 0.746. The minimum Gasteiger partial charge on any atom is -0.496 e. The number of allylic oxidation sites excluding steroid dienone is 1. The van der Waals surface area contributed by atoms with Crippen LogP contribution in [0.5, 0.6) is 0 Å². The van der Waals surface area contributed by atoms with E-state index in [4.69, 9.17) is 9.47 Å². The maximum atomic E-state index is 5.03. The summed E-state index contributed by atoms with van der Waals surface area (Å²) in [6, 6.07) is 0. The number of hydrogen-bond donors (Lipinski definition) is 0. The zero-order chi connectivity index (χ0) is 7.40. The molecule has 0 radical (unpaired) electrons. The first-order chi connectivity index (χ1) is 4.86. The third-order valence-electron chi connectivity index (χ3n) is 1.32. The standard InChI is InChI=1S/C8H10O2/c1-9-7-4-3-5-8(6-7)10-2/h4-7H,1-2H3. The van der Waals surface area contributed by atoms with Crippen LogP contribution in [0.25, 0.3) is 0 Å². The van der Waals surface area contributed by atoms with Gasteiger partial charge in [-0.15, -0.1) is 5.73 Å². The molecule has 0 aromatic rings. The molecule has 0 saturated heterocycles. The van der Waals surface area contributed by atoms with E-state index in [1.165, 1.54) is 0 Å². The minimum absolute atomic E-state index is 0.0138. The fraction of sp³-hybridized carbons (Fsp3) is 0.375. The van der Waals surface area contributed by atoms with Crippen molar-refractivity contribution in [3.05, 3.63) is 29.7 Å². The monoisotopic (exact) mass is 138 g/mol. The second kappa shape index (κ2) is 3.25. The highest BCUT2D eigenvalue weighted by Gasteiger charge is 2.02. The van der Waals surface area contributed by atoms with Crippen molar-refractivity contribution in [2.75, 3.05) is 14.2 Å².